The van der Waals surface area contributed by atoms with Gasteiger partial charge in [-0.3, -0.25) is 0 Å². The summed E-state index contributed by atoms with van der Waals surface area (Å²) in [5.74, 6) is 0.106. The summed E-state index contributed by atoms with van der Waals surface area (Å²) >= 11 is 0. The molecule has 2 aromatic rings. The van der Waals surface area contributed by atoms with E-state index in [1.54, 1.807) is 0 Å². The molecule has 100 valence electrons. The van der Waals surface area contributed by atoms with Gasteiger partial charge < -0.3 is 10.6 Å². The standard InChI is InChI=1S/C14H17FN4/c1-2-6-19(14-17-8-12(15)9-18-14)10-11-4-3-5-13(16)7-11/h3-5,7-9H,2,6,10,16H2,1H3. The van der Waals surface area contributed by atoms with Gasteiger partial charge in [-0.05, 0) is 24.1 Å². The number of nitrogen functional groups attached to an aromatic ring is 1. The van der Waals surface area contributed by atoms with E-state index in [0.717, 1.165) is 24.2 Å². The summed E-state index contributed by atoms with van der Waals surface area (Å²) in [6.07, 6.45) is 3.33. The van der Waals surface area contributed by atoms with E-state index in [0.29, 0.717) is 12.5 Å². The highest BCUT2D eigenvalue weighted by atomic mass is 19.1. The Morgan fingerprint density at radius 3 is 2.63 bits per heavy atom. The molecular formula is C14H17FN4. The molecule has 0 amide bonds. The minimum atomic E-state index is -0.427. The molecule has 1 heterocycles. The van der Waals surface area contributed by atoms with Gasteiger partial charge in [-0.25, -0.2) is 14.4 Å². The van der Waals surface area contributed by atoms with E-state index >= 15 is 0 Å². The summed E-state index contributed by atoms with van der Waals surface area (Å²) in [4.78, 5) is 10.1. The first-order valence-electron chi connectivity index (χ1n) is 6.26. The normalized spacial score (nSPS) is 10.4. The van der Waals surface area contributed by atoms with Crippen LogP contribution in [-0.4, -0.2) is 16.5 Å². The fourth-order valence-electron chi connectivity index (χ4n) is 1.90. The molecule has 0 bridgehead atoms. The van der Waals surface area contributed by atoms with Crippen molar-refractivity contribution in [1.29, 1.82) is 0 Å². The van der Waals surface area contributed by atoms with Crippen molar-refractivity contribution >= 4 is 11.6 Å². The molecule has 0 atom stereocenters. The first-order chi connectivity index (χ1) is 9.19. The molecule has 0 aliphatic carbocycles. The van der Waals surface area contributed by atoms with Crippen LogP contribution in [0, 0.1) is 5.82 Å². The smallest absolute Gasteiger partial charge is 0.225 e. The number of rotatable bonds is 5. The number of nitrogens with zero attached hydrogens (tertiary/aromatic N) is 3. The van der Waals surface area contributed by atoms with Gasteiger partial charge in [0, 0.05) is 18.8 Å². The fourth-order valence-corrected chi connectivity index (χ4v) is 1.90. The average Bonchev–Trinajstić information content (AvgIpc) is 2.39. The van der Waals surface area contributed by atoms with E-state index in [1.165, 1.54) is 12.4 Å². The molecule has 0 spiro atoms. The molecule has 2 rings (SSSR count). The third-order valence-electron chi connectivity index (χ3n) is 2.71. The molecule has 0 aliphatic rings. The summed E-state index contributed by atoms with van der Waals surface area (Å²) in [6.45, 7) is 3.54. The number of halogens is 1. The van der Waals surface area contributed by atoms with E-state index in [4.69, 9.17) is 5.73 Å². The maximum atomic E-state index is 12.9. The zero-order chi connectivity index (χ0) is 13.7. The predicted molar refractivity (Wildman–Crippen MR) is 74.2 cm³/mol. The summed E-state index contributed by atoms with van der Waals surface area (Å²) in [5, 5.41) is 0. The molecule has 0 saturated carbocycles. The van der Waals surface area contributed by atoms with Crippen molar-refractivity contribution in [3.8, 4) is 0 Å². The van der Waals surface area contributed by atoms with Crippen molar-refractivity contribution in [3.63, 3.8) is 0 Å². The van der Waals surface area contributed by atoms with Crippen molar-refractivity contribution in [1.82, 2.24) is 9.97 Å². The highest BCUT2D eigenvalue weighted by Crippen LogP contribution is 2.14. The first-order valence-corrected chi connectivity index (χ1v) is 6.26. The molecule has 0 fully saturated rings. The fraction of sp³-hybridized carbons (Fsp3) is 0.286. The van der Waals surface area contributed by atoms with Crippen LogP contribution in [0.5, 0.6) is 0 Å². The van der Waals surface area contributed by atoms with Gasteiger partial charge >= 0.3 is 0 Å². The van der Waals surface area contributed by atoms with Gasteiger partial charge in [-0.2, -0.15) is 0 Å². The molecule has 1 aromatic heterocycles. The molecule has 1 aromatic carbocycles. The van der Waals surface area contributed by atoms with Crippen molar-refractivity contribution < 1.29 is 4.39 Å². The van der Waals surface area contributed by atoms with E-state index in [2.05, 4.69) is 16.9 Å². The van der Waals surface area contributed by atoms with E-state index in [9.17, 15) is 4.39 Å². The number of anilines is 2. The molecule has 4 nitrogen and oxygen atoms in total. The van der Waals surface area contributed by atoms with E-state index in [1.807, 2.05) is 29.2 Å². The van der Waals surface area contributed by atoms with Crippen LogP contribution >= 0.6 is 0 Å². The number of nitrogens with two attached hydrogens (primary N) is 1. The van der Waals surface area contributed by atoms with Crippen LogP contribution in [0.15, 0.2) is 36.7 Å². The van der Waals surface area contributed by atoms with Gasteiger partial charge in [0.25, 0.3) is 0 Å². The van der Waals surface area contributed by atoms with Gasteiger partial charge in [0.1, 0.15) is 0 Å². The predicted octanol–water partition coefficient (Wildman–Crippen LogP) is 2.61. The van der Waals surface area contributed by atoms with Crippen LogP contribution in [0.4, 0.5) is 16.0 Å². The zero-order valence-corrected chi connectivity index (χ0v) is 10.9. The maximum absolute atomic E-state index is 12.9. The maximum Gasteiger partial charge on any atom is 0.225 e. The average molecular weight is 260 g/mol. The van der Waals surface area contributed by atoms with Gasteiger partial charge in [-0.1, -0.05) is 19.1 Å². The second-order valence-electron chi connectivity index (χ2n) is 4.37. The number of aromatic nitrogens is 2. The molecule has 5 heteroatoms. The number of hydrogen-bond acceptors (Lipinski definition) is 4. The Kier molecular flexibility index (Phi) is 4.28. The summed E-state index contributed by atoms with van der Waals surface area (Å²) < 4.78 is 12.9. The Hall–Kier alpha value is -2.17. The van der Waals surface area contributed by atoms with Crippen LogP contribution < -0.4 is 10.6 Å². The second-order valence-corrected chi connectivity index (χ2v) is 4.37. The van der Waals surface area contributed by atoms with Crippen LogP contribution in [0.3, 0.4) is 0 Å². The molecule has 0 unspecified atom stereocenters. The Morgan fingerprint density at radius 2 is 2.00 bits per heavy atom. The van der Waals surface area contributed by atoms with E-state index in [-0.39, 0.29) is 0 Å². The van der Waals surface area contributed by atoms with Crippen molar-refractivity contribution in [2.24, 2.45) is 0 Å². The molecule has 2 N–H and O–H groups in total. The highest BCUT2D eigenvalue weighted by molar-refractivity contribution is 5.42. The SMILES string of the molecule is CCCN(Cc1cccc(N)c1)c1ncc(F)cn1. The van der Waals surface area contributed by atoms with Crippen LogP contribution in [-0.2, 0) is 6.54 Å². The highest BCUT2D eigenvalue weighted by Gasteiger charge is 2.09. The lowest BCUT2D eigenvalue weighted by Crippen LogP contribution is -2.25. The van der Waals surface area contributed by atoms with Crippen LogP contribution in [0.25, 0.3) is 0 Å². The van der Waals surface area contributed by atoms with Gasteiger partial charge in [0.05, 0.1) is 12.4 Å². The van der Waals surface area contributed by atoms with Crippen molar-refractivity contribution in [2.45, 2.75) is 19.9 Å². The Morgan fingerprint density at radius 1 is 1.26 bits per heavy atom. The first kappa shape index (κ1) is 13.3. The Balaban J connectivity index is 2.18. The minimum Gasteiger partial charge on any atom is -0.399 e. The minimum absolute atomic E-state index is 0.427. The summed E-state index contributed by atoms with van der Waals surface area (Å²) in [6, 6.07) is 7.69. The van der Waals surface area contributed by atoms with Crippen molar-refractivity contribution in [3.05, 3.63) is 48.0 Å². The largest absolute Gasteiger partial charge is 0.399 e. The van der Waals surface area contributed by atoms with Gasteiger partial charge in [0.15, 0.2) is 5.82 Å². The monoisotopic (exact) mass is 260 g/mol. The van der Waals surface area contributed by atoms with Gasteiger partial charge in [-0.15, -0.1) is 0 Å². The quantitative estimate of drug-likeness (QED) is 0.840. The third kappa shape index (κ3) is 3.64. The van der Waals surface area contributed by atoms with Crippen LogP contribution in [0.2, 0.25) is 0 Å². The zero-order valence-electron chi connectivity index (χ0n) is 10.9. The van der Waals surface area contributed by atoms with E-state index < -0.39 is 5.82 Å². The topological polar surface area (TPSA) is 55.0 Å². The lowest BCUT2D eigenvalue weighted by atomic mass is 10.2. The lowest BCUT2D eigenvalue weighted by molar-refractivity contribution is 0.610. The molecule has 0 radical (unpaired) electrons. The number of hydrogen-bond donors (Lipinski definition) is 1. The molecule has 0 aliphatic heterocycles. The molecular weight excluding hydrogens is 243 g/mol. The summed E-state index contributed by atoms with van der Waals surface area (Å²) in [7, 11) is 0. The second kappa shape index (κ2) is 6.13. The van der Waals surface area contributed by atoms with Crippen LogP contribution in [0.1, 0.15) is 18.9 Å². The summed E-state index contributed by atoms with van der Waals surface area (Å²) in [5.41, 5.74) is 7.58. The van der Waals surface area contributed by atoms with Crippen molar-refractivity contribution in [2.75, 3.05) is 17.2 Å². The number of benzene rings is 1. The third-order valence-corrected chi connectivity index (χ3v) is 2.71. The van der Waals surface area contributed by atoms with Gasteiger partial charge in [0.2, 0.25) is 5.95 Å². The molecule has 19 heavy (non-hydrogen) atoms. The Bertz CT molecular complexity index is 527. The molecule has 0 saturated heterocycles. The Labute approximate surface area is 112 Å². The lowest BCUT2D eigenvalue weighted by Gasteiger charge is -2.22.